The number of halogens is 1. The van der Waals surface area contributed by atoms with Crippen molar-refractivity contribution >= 4 is 51.9 Å². The van der Waals surface area contributed by atoms with Gasteiger partial charge in [-0.15, -0.1) is 0 Å². The van der Waals surface area contributed by atoms with Gasteiger partial charge < -0.3 is 9.84 Å². The highest BCUT2D eigenvalue weighted by atomic mass is 127. The molecule has 0 spiro atoms. The number of hydrogen-bond acceptors (Lipinski definition) is 7. The number of phenols is 1. The molecule has 4 fully saturated rings. The number of nitrogens with zero attached hydrogens (tertiary/aromatic N) is 2. The molecule has 10 heteroatoms. The molecule has 50 heavy (non-hydrogen) atoms. The van der Waals surface area contributed by atoms with Crippen molar-refractivity contribution in [2.75, 3.05) is 12.5 Å². The van der Waals surface area contributed by atoms with Crippen molar-refractivity contribution in [2.45, 2.75) is 69.2 Å². The van der Waals surface area contributed by atoms with Crippen LogP contribution in [0.5, 0.6) is 11.5 Å². The van der Waals surface area contributed by atoms with Crippen LogP contribution in [-0.4, -0.2) is 51.8 Å². The lowest BCUT2D eigenvalue weighted by Crippen LogP contribution is -2.53. The molecule has 0 bridgehead atoms. The molecule has 3 aromatic carbocycles. The van der Waals surface area contributed by atoms with Crippen LogP contribution in [0.4, 0.5) is 5.69 Å². The molecule has 8 rings (SSSR count). The van der Waals surface area contributed by atoms with Gasteiger partial charge in [-0.2, -0.15) is 5.01 Å². The highest BCUT2D eigenvalue weighted by molar-refractivity contribution is 14.1. The van der Waals surface area contributed by atoms with E-state index < -0.39 is 35.0 Å². The fraction of sp³-hybridized carbons (Fsp3) is 0.400. The van der Waals surface area contributed by atoms with Crippen LogP contribution in [0.3, 0.4) is 0 Å². The van der Waals surface area contributed by atoms with E-state index in [1.807, 2.05) is 67.6 Å². The largest absolute Gasteiger partial charge is 0.504 e. The lowest BCUT2D eigenvalue weighted by molar-refractivity contribution is -0.144. The van der Waals surface area contributed by atoms with E-state index in [9.17, 15) is 19.5 Å². The van der Waals surface area contributed by atoms with Crippen molar-refractivity contribution in [3.05, 3.63) is 98.6 Å². The summed E-state index contributed by atoms with van der Waals surface area (Å²) in [5, 5.41) is 12.1. The van der Waals surface area contributed by atoms with E-state index in [4.69, 9.17) is 4.74 Å². The number of aryl methyl sites for hydroxylation is 1. The number of carbonyl (C=O) groups is 4. The number of phenolic OH excluding ortho intramolecular Hbond substituents is 1. The molecular formula is C40H40IN3O6. The molecule has 3 aliphatic carbocycles. The SMILES string of the molecule is COc1cc([C@H]2C3=CC[C@@H]4C(=O)N(C5CCCCC5)C(=O)[C@@H]4[C@@H]3C[C@H]3C(=O)N(Nc4ccc(C)cc4)C(=O)[C@@]23c2ccccc2)cc(I)c1O. The standard InChI is InChI=1S/C40H40IN3O6/c1-22-13-15-25(16-14-22)42-44-37(47)30-21-29-27(17-18-28-33(29)38(48)43(36(28)46)26-11-7-4-8-12-26)34(23-19-31(41)35(45)32(20-23)50-2)40(30,39(44)49)24-9-5-3-6-10-24/h3,5-6,9-10,13-17,19-20,26,28-30,33-34,42,45H,4,7-8,11-12,18,21H2,1-2H3/t28-,29+,30-,33-,34-,40+/m0/s1. The summed E-state index contributed by atoms with van der Waals surface area (Å²) in [5.74, 6) is -3.82. The van der Waals surface area contributed by atoms with Gasteiger partial charge in [0.25, 0.3) is 11.8 Å². The maximum Gasteiger partial charge on any atom is 0.260 e. The molecule has 0 aromatic heterocycles. The summed E-state index contributed by atoms with van der Waals surface area (Å²) >= 11 is 2.06. The van der Waals surface area contributed by atoms with Crippen LogP contribution in [0.1, 0.15) is 67.6 Å². The Labute approximate surface area is 305 Å². The molecule has 4 amide bonds. The van der Waals surface area contributed by atoms with Crippen LogP contribution in [0.25, 0.3) is 0 Å². The molecule has 2 heterocycles. The van der Waals surface area contributed by atoms with Crippen molar-refractivity contribution in [2.24, 2.45) is 23.7 Å². The number of nitrogens with one attached hydrogen (secondary N) is 1. The maximum atomic E-state index is 15.3. The van der Waals surface area contributed by atoms with Crippen molar-refractivity contribution in [3.63, 3.8) is 0 Å². The van der Waals surface area contributed by atoms with Gasteiger partial charge in [0.05, 0.1) is 39.5 Å². The first-order valence-electron chi connectivity index (χ1n) is 17.6. The van der Waals surface area contributed by atoms with E-state index in [-0.39, 0.29) is 47.6 Å². The van der Waals surface area contributed by atoms with Crippen molar-refractivity contribution < 1.29 is 29.0 Å². The number of hydrazine groups is 1. The van der Waals surface area contributed by atoms with Gasteiger partial charge in [-0.05, 0) is 96.5 Å². The second kappa shape index (κ2) is 12.5. The quantitative estimate of drug-likeness (QED) is 0.164. The number of likely N-dealkylation sites (tertiary alicyclic amines) is 1. The first-order valence-corrected chi connectivity index (χ1v) is 18.6. The number of allylic oxidation sites excluding steroid dienone is 2. The predicted octanol–water partition coefficient (Wildman–Crippen LogP) is 6.63. The molecule has 2 N–H and O–H groups in total. The zero-order chi connectivity index (χ0) is 34.9. The number of methoxy groups -OCH3 is 1. The first-order chi connectivity index (χ1) is 24.2. The molecule has 9 nitrogen and oxygen atoms in total. The van der Waals surface area contributed by atoms with Gasteiger partial charge in [0.1, 0.15) is 0 Å². The number of benzene rings is 3. The molecular weight excluding hydrogens is 745 g/mol. The van der Waals surface area contributed by atoms with Crippen LogP contribution in [-0.2, 0) is 24.6 Å². The zero-order valence-electron chi connectivity index (χ0n) is 28.1. The summed E-state index contributed by atoms with van der Waals surface area (Å²) < 4.78 is 6.17. The Kier molecular flexibility index (Phi) is 8.27. The second-order valence-electron chi connectivity index (χ2n) is 14.5. The Morgan fingerprint density at radius 1 is 0.900 bits per heavy atom. The third-order valence-electron chi connectivity index (χ3n) is 12.0. The van der Waals surface area contributed by atoms with E-state index in [0.717, 1.165) is 43.2 Å². The molecule has 3 aromatic rings. The van der Waals surface area contributed by atoms with Gasteiger partial charge in [-0.25, -0.2) is 0 Å². The molecule has 0 radical (unpaired) electrons. The molecule has 0 unspecified atom stereocenters. The fourth-order valence-corrected chi connectivity index (χ4v) is 10.4. The number of fused-ring (bicyclic) bond motifs is 4. The number of anilines is 1. The van der Waals surface area contributed by atoms with E-state index in [1.54, 1.807) is 11.0 Å². The second-order valence-corrected chi connectivity index (χ2v) is 15.6. The first kappa shape index (κ1) is 33.0. The van der Waals surface area contributed by atoms with Crippen LogP contribution < -0.4 is 10.2 Å². The Bertz CT molecular complexity index is 1920. The number of aromatic hydroxyl groups is 1. The van der Waals surface area contributed by atoms with Crippen LogP contribution in [0.2, 0.25) is 0 Å². The number of imide groups is 2. The summed E-state index contributed by atoms with van der Waals surface area (Å²) in [4.78, 5) is 60.3. The topological polar surface area (TPSA) is 116 Å². The van der Waals surface area contributed by atoms with Crippen LogP contribution >= 0.6 is 22.6 Å². The van der Waals surface area contributed by atoms with E-state index in [1.165, 1.54) is 12.1 Å². The van der Waals surface area contributed by atoms with Gasteiger partial charge in [0, 0.05) is 12.0 Å². The van der Waals surface area contributed by atoms with Gasteiger partial charge >= 0.3 is 0 Å². The minimum Gasteiger partial charge on any atom is -0.504 e. The summed E-state index contributed by atoms with van der Waals surface area (Å²) in [6, 6.07) is 20.5. The molecule has 6 atom stereocenters. The summed E-state index contributed by atoms with van der Waals surface area (Å²) in [6.07, 6.45) is 7.45. The van der Waals surface area contributed by atoms with E-state index in [0.29, 0.717) is 26.8 Å². The lowest BCUT2D eigenvalue weighted by Gasteiger charge is -2.50. The number of ether oxygens (including phenoxy) is 1. The Balaban J connectivity index is 1.33. The molecule has 2 saturated heterocycles. The molecule has 2 aliphatic heterocycles. The molecule has 5 aliphatic rings. The fourth-order valence-electron chi connectivity index (χ4n) is 9.76. The van der Waals surface area contributed by atoms with E-state index >= 15 is 4.79 Å². The highest BCUT2D eigenvalue weighted by Gasteiger charge is 2.70. The minimum absolute atomic E-state index is 0.0108. The average Bonchev–Trinajstić information content (AvgIpc) is 3.51. The maximum absolute atomic E-state index is 15.3. The van der Waals surface area contributed by atoms with Gasteiger partial charge in [-0.1, -0.05) is 78.9 Å². The van der Waals surface area contributed by atoms with Crippen molar-refractivity contribution in [1.82, 2.24) is 9.91 Å². The number of amides is 4. The van der Waals surface area contributed by atoms with Gasteiger partial charge in [-0.3, -0.25) is 29.5 Å². The van der Waals surface area contributed by atoms with Crippen molar-refractivity contribution in [1.29, 1.82) is 0 Å². The molecule has 258 valence electrons. The Morgan fingerprint density at radius 3 is 2.32 bits per heavy atom. The Morgan fingerprint density at radius 2 is 1.62 bits per heavy atom. The van der Waals surface area contributed by atoms with Gasteiger partial charge in [0.2, 0.25) is 11.8 Å². The zero-order valence-corrected chi connectivity index (χ0v) is 30.3. The van der Waals surface area contributed by atoms with Gasteiger partial charge in [0.15, 0.2) is 11.5 Å². The lowest BCUT2D eigenvalue weighted by atomic mass is 9.49. The number of hydrogen-bond donors (Lipinski definition) is 2. The highest BCUT2D eigenvalue weighted by Crippen LogP contribution is 2.64. The normalized spacial score (nSPS) is 29.4. The van der Waals surface area contributed by atoms with Crippen LogP contribution in [0.15, 0.2) is 78.4 Å². The Hall–Kier alpha value is -4.19. The van der Waals surface area contributed by atoms with Crippen molar-refractivity contribution in [3.8, 4) is 11.5 Å². The summed E-state index contributed by atoms with van der Waals surface area (Å²) in [5.41, 5.74) is 5.70. The predicted molar refractivity (Wildman–Crippen MR) is 195 cm³/mol. The monoisotopic (exact) mass is 785 g/mol. The van der Waals surface area contributed by atoms with Crippen LogP contribution in [0, 0.1) is 34.2 Å². The minimum atomic E-state index is -1.38. The summed E-state index contributed by atoms with van der Waals surface area (Å²) in [6.45, 7) is 1.97. The van der Waals surface area contributed by atoms with E-state index in [2.05, 4.69) is 34.1 Å². The average molecular weight is 786 g/mol. The third kappa shape index (κ3) is 4.84. The summed E-state index contributed by atoms with van der Waals surface area (Å²) in [7, 11) is 1.49. The molecule has 2 saturated carbocycles. The third-order valence-corrected chi connectivity index (χ3v) is 12.8. The smallest absolute Gasteiger partial charge is 0.260 e. The number of carbonyl (C=O) groups excluding carboxylic acids is 4. The number of rotatable bonds is 6.